The molecule has 0 aliphatic rings. The van der Waals surface area contributed by atoms with E-state index in [9.17, 15) is 9.50 Å². The van der Waals surface area contributed by atoms with Gasteiger partial charge in [-0.1, -0.05) is 12.1 Å². The van der Waals surface area contributed by atoms with Crippen LogP contribution in [0, 0.1) is 19.7 Å². The second-order valence-electron chi connectivity index (χ2n) is 3.85. The summed E-state index contributed by atoms with van der Waals surface area (Å²) >= 11 is 1.55. The summed E-state index contributed by atoms with van der Waals surface area (Å²) in [6.45, 7) is 4.02. The SMILES string of the molecule is Cc1cc(C(O)c2cccc(F)c2)sc1C. The van der Waals surface area contributed by atoms with E-state index in [0.717, 1.165) is 10.4 Å². The second kappa shape index (κ2) is 4.36. The second-order valence-corrected chi connectivity index (χ2v) is 5.13. The third kappa shape index (κ3) is 2.15. The zero-order valence-corrected chi connectivity index (χ0v) is 10.0. The van der Waals surface area contributed by atoms with Crippen LogP contribution in [0.3, 0.4) is 0 Å². The Kier molecular flexibility index (Phi) is 3.08. The van der Waals surface area contributed by atoms with Crippen LogP contribution >= 0.6 is 11.3 Å². The summed E-state index contributed by atoms with van der Waals surface area (Å²) < 4.78 is 13.0. The quantitative estimate of drug-likeness (QED) is 0.845. The van der Waals surface area contributed by atoms with Gasteiger partial charge in [0.15, 0.2) is 0 Å². The predicted octanol–water partition coefficient (Wildman–Crippen LogP) is 3.59. The lowest BCUT2D eigenvalue weighted by Crippen LogP contribution is -1.97. The van der Waals surface area contributed by atoms with E-state index in [0.29, 0.717) is 5.56 Å². The number of aliphatic hydroxyl groups excluding tert-OH is 1. The van der Waals surface area contributed by atoms with Crippen LogP contribution in [0.5, 0.6) is 0 Å². The molecule has 1 nitrogen and oxygen atoms in total. The molecule has 3 heteroatoms. The summed E-state index contributed by atoms with van der Waals surface area (Å²) in [4.78, 5) is 2.05. The fourth-order valence-electron chi connectivity index (χ4n) is 1.58. The first-order valence-corrected chi connectivity index (χ1v) is 5.90. The van der Waals surface area contributed by atoms with E-state index in [1.807, 2.05) is 19.9 Å². The number of hydrogen-bond donors (Lipinski definition) is 1. The van der Waals surface area contributed by atoms with Crippen molar-refractivity contribution in [3.63, 3.8) is 0 Å². The van der Waals surface area contributed by atoms with Crippen molar-refractivity contribution in [2.24, 2.45) is 0 Å². The Hall–Kier alpha value is -1.19. The van der Waals surface area contributed by atoms with Crippen molar-refractivity contribution in [3.8, 4) is 0 Å². The fraction of sp³-hybridized carbons (Fsp3) is 0.231. The maximum atomic E-state index is 13.0. The smallest absolute Gasteiger partial charge is 0.123 e. The molecule has 2 rings (SSSR count). The van der Waals surface area contributed by atoms with Gasteiger partial charge < -0.3 is 5.11 Å². The van der Waals surface area contributed by atoms with Crippen molar-refractivity contribution in [2.45, 2.75) is 20.0 Å². The Balaban J connectivity index is 2.35. The molecule has 2 aromatic rings. The lowest BCUT2D eigenvalue weighted by molar-refractivity contribution is 0.223. The van der Waals surface area contributed by atoms with Crippen molar-refractivity contribution >= 4 is 11.3 Å². The predicted molar refractivity (Wildman–Crippen MR) is 64.3 cm³/mol. The number of rotatable bonds is 2. The van der Waals surface area contributed by atoms with Crippen molar-refractivity contribution in [1.29, 1.82) is 0 Å². The minimum Gasteiger partial charge on any atom is -0.383 e. The molecule has 0 spiro atoms. The van der Waals surface area contributed by atoms with Gasteiger partial charge in [0, 0.05) is 9.75 Å². The van der Waals surface area contributed by atoms with Crippen LogP contribution in [0.1, 0.15) is 27.0 Å². The number of halogens is 1. The van der Waals surface area contributed by atoms with Crippen LogP contribution in [-0.4, -0.2) is 5.11 Å². The highest BCUT2D eigenvalue weighted by Crippen LogP contribution is 2.30. The Labute approximate surface area is 98.2 Å². The van der Waals surface area contributed by atoms with E-state index < -0.39 is 6.10 Å². The number of aryl methyl sites for hydroxylation is 2. The number of hydrogen-bond acceptors (Lipinski definition) is 2. The molecule has 16 heavy (non-hydrogen) atoms. The van der Waals surface area contributed by atoms with E-state index in [2.05, 4.69) is 0 Å². The van der Waals surface area contributed by atoms with Crippen molar-refractivity contribution in [1.82, 2.24) is 0 Å². The fourth-order valence-corrected chi connectivity index (χ4v) is 2.63. The Morgan fingerprint density at radius 1 is 1.25 bits per heavy atom. The molecule has 1 heterocycles. The lowest BCUT2D eigenvalue weighted by Gasteiger charge is -2.08. The van der Waals surface area contributed by atoms with Crippen molar-refractivity contribution in [2.75, 3.05) is 0 Å². The van der Waals surface area contributed by atoms with Gasteiger partial charge in [-0.15, -0.1) is 11.3 Å². The van der Waals surface area contributed by atoms with E-state index >= 15 is 0 Å². The number of thiophene rings is 1. The molecule has 0 aliphatic heterocycles. The van der Waals surface area contributed by atoms with Crippen LogP contribution < -0.4 is 0 Å². The first-order valence-electron chi connectivity index (χ1n) is 5.08. The van der Waals surface area contributed by atoms with Gasteiger partial charge >= 0.3 is 0 Å². The van der Waals surface area contributed by atoms with Crippen LogP contribution in [0.25, 0.3) is 0 Å². The summed E-state index contributed by atoms with van der Waals surface area (Å²) in [5.41, 5.74) is 1.76. The molecule has 0 saturated carbocycles. The first kappa shape index (κ1) is 11.3. The number of benzene rings is 1. The van der Waals surface area contributed by atoms with Crippen LogP contribution in [0.15, 0.2) is 30.3 Å². The molecule has 0 fully saturated rings. The molecule has 0 aliphatic carbocycles. The van der Waals surface area contributed by atoms with Crippen LogP contribution in [0.4, 0.5) is 4.39 Å². The van der Waals surface area contributed by atoms with E-state index in [-0.39, 0.29) is 5.82 Å². The summed E-state index contributed by atoms with van der Waals surface area (Å²) in [5, 5.41) is 10.1. The van der Waals surface area contributed by atoms with Gasteiger partial charge in [0.05, 0.1) is 0 Å². The normalized spacial score (nSPS) is 12.8. The Morgan fingerprint density at radius 2 is 2.00 bits per heavy atom. The maximum Gasteiger partial charge on any atom is 0.123 e. The summed E-state index contributed by atoms with van der Waals surface area (Å²) in [5.74, 6) is -0.318. The molecule has 84 valence electrons. The Bertz CT molecular complexity index is 485. The third-order valence-corrected chi connectivity index (χ3v) is 3.82. The third-order valence-electron chi connectivity index (χ3n) is 2.62. The lowest BCUT2D eigenvalue weighted by atomic mass is 10.1. The molecule has 1 unspecified atom stereocenters. The van der Waals surface area contributed by atoms with Crippen LogP contribution in [0.2, 0.25) is 0 Å². The monoisotopic (exact) mass is 236 g/mol. The standard InChI is InChI=1S/C13H13FOS/c1-8-6-12(16-9(8)2)13(15)10-4-3-5-11(14)7-10/h3-7,13,15H,1-2H3. The summed E-state index contributed by atoms with van der Waals surface area (Å²) in [6.07, 6.45) is -0.729. The van der Waals surface area contributed by atoms with E-state index in [4.69, 9.17) is 0 Å². The average molecular weight is 236 g/mol. The molecule has 0 radical (unpaired) electrons. The van der Waals surface area contributed by atoms with Crippen LogP contribution in [-0.2, 0) is 0 Å². The van der Waals surface area contributed by atoms with E-state index in [1.165, 1.54) is 17.0 Å². The largest absolute Gasteiger partial charge is 0.383 e. The molecule has 1 aromatic carbocycles. The molecule has 1 atom stereocenters. The highest BCUT2D eigenvalue weighted by molar-refractivity contribution is 7.12. The first-order chi connectivity index (χ1) is 7.58. The minimum absolute atomic E-state index is 0.318. The molecular weight excluding hydrogens is 223 g/mol. The molecular formula is C13H13FOS. The van der Waals surface area contributed by atoms with Gasteiger partial charge in [-0.2, -0.15) is 0 Å². The molecule has 0 bridgehead atoms. The van der Waals surface area contributed by atoms with Gasteiger partial charge in [-0.05, 0) is 43.2 Å². The van der Waals surface area contributed by atoms with Crippen molar-refractivity contribution < 1.29 is 9.50 Å². The minimum atomic E-state index is -0.729. The highest BCUT2D eigenvalue weighted by Gasteiger charge is 2.14. The number of aliphatic hydroxyl groups is 1. The Morgan fingerprint density at radius 3 is 2.56 bits per heavy atom. The van der Waals surface area contributed by atoms with Gasteiger partial charge in [-0.3, -0.25) is 0 Å². The van der Waals surface area contributed by atoms with Crippen molar-refractivity contribution in [3.05, 3.63) is 57.0 Å². The highest BCUT2D eigenvalue weighted by atomic mass is 32.1. The zero-order chi connectivity index (χ0) is 11.7. The maximum absolute atomic E-state index is 13.0. The average Bonchev–Trinajstić information content (AvgIpc) is 2.58. The molecule has 1 N–H and O–H groups in total. The topological polar surface area (TPSA) is 20.2 Å². The van der Waals surface area contributed by atoms with Gasteiger partial charge in [0.1, 0.15) is 11.9 Å². The molecule has 1 aromatic heterocycles. The van der Waals surface area contributed by atoms with Gasteiger partial charge in [0.25, 0.3) is 0 Å². The van der Waals surface area contributed by atoms with E-state index in [1.54, 1.807) is 23.5 Å². The summed E-state index contributed by atoms with van der Waals surface area (Å²) in [6, 6.07) is 8.05. The molecule has 0 saturated heterocycles. The molecule has 0 amide bonds. The zero-order valence-electron chi connectivity index (χ0n) is 9.20. The van der Waals surface area contributed by atoms with Gasteiger partial charge in [0.2, 0.25) is 0 Å². The summed E-state index contributed by atoms with van der Waals surface area (Å²) in [7, 11) is 0. The van der Waals surface area contributed by atoms with Gasteiger partial charge in [-0.25, -0.2) is 4.39 Å².